The van der Waals surface area contributed by atoms with Crippen LogP contribution in [0.4, 0.5) is 10.6 Å². The van der Waals surface area contributed by atoms with E-state index in [9.17, 15) is 9.59 Å². The van der Waals surface area contributed by atoms with Gasteiger partial charge in [0.15, 0.2) is 5.82 Å². The highest BCUT2D eigenvalue weighted by atomic mass is 16.5. The Bertz CT molecular complexity index is 723. The molecule has 0 unspecified atom stereocenters. The zero-order chi connectivity index (χ0) is 17.6. The first-order valence-electron chi connectivity index (χ1n) is 8.34. The highest BCUT2D eigenvalue weighted by Crippen LogP contribution is 2.40. The van der Waals surface area contributed by atoms with Crippen molar-refractivity contribution in [2.75, 3.05) is 19.0 Å². The van der Waals surface area contributed by atoms with Gasteiger partial charge in [0.2, 0.25) is 0 Å². The summed E-state index contributed by atoms with van der Waals surface area (Å²) in [6, 6.07) is 11.8. The summed E-state index contributed by atoms with van der Waals surface area (Å²) in [5.74, 6) is 1.12. The van der Waals surface area contributed by atoms with Gasteiger partial charge in [0.1, 0.15) is 6.54 Å². The Labute approximate surface area is 146 Å². The predicted molar refractivity (Wildman–Crippen MR) is 93.2 cm³/mol. The molecule has 0 bridgehead atoms. The zero-order valence-corrected chi connectivity index (χ0v) is 14.1. The molecule has 0 aliphatic heterocycles. The first-order valence-corrected chi connectivity index (χ1v) is 8.34. The molecule has 3 rings (SSSR count). The Morgan fingerprint density at radius 1 is 1.24 bits per heavy atom. The van der Waals surface area contributed by atoms with Gasteiger partial charge in [-0.05, 0) is 30.2 Å². The van der Waals surface area contributed by atoms with Gasteiger partial charge in [-0.25, -0.2) is 4.79 Å². The molecule has 2 amide bonds. The Balaban J connectivity index is 1.37. The highest BCUT2D eigenvalue weighted by molar-refractivity contribution is 5.88. The number of aromatic nitrogens is 2. The maximum absolute atomic E-state index is 11.9. The summed E-state index contributed by atoms with van der Waals surface area (Å²) in [4.78, 5) is 23.1. The summed E-state index contributed by atoms with van der Waals surface area (Å²) in [7, 11) is 1.32. The molecule has 2 N–H and O–H groups in total. The fraction of sp³-hybridized carbons (Fsp3) is 0.389. The van der Waals surface area contributed by atoms with Crippen LogP contribution in [0.3, 0.4) is 0 Å². The van der Waals surface area contributed by atoms with Crippen molar-refractivity contribution in [2.24, 2.45) is 5.92 Å². The van der Waals surface area contributed by atoms with Crippen molar-refractivity contribution in [2.45, 2.75) is 25.3 Å². The van der Waals surface area contributed by atoms with Crippen LogP contribution in [0.15, 0.2) is 42.6 Å². The number of nitrogens with zero attached hydrogens (tertiary/aromatic N) is 2. The zero-order valence-electron chi connectivity index (χ0n) is 14.1. The summed E-state index contributed by atoms with van der Waals surface area (Å²) >= 11 is 0. The molecule has 0 spiro atoms. The SMILES string of the molecule is COC(=O)Cn1ccc(NC(=O)NCC2CC(c3ccccc3)C2)n1. The number of hydrogen-bond acceptors (Lipinski definition) is 4. The average molecular weight is 342 g/mol. The second kappa shape index (κ2) is 7.83. The van der Waals surface area contributed by atoms with E-state index in [0.717, 1.165) is 12.8 Å². The van der Waals surface area contributed by atoms with Crippen LogP contribution in [0.5, 0.6) is 0 Å². The fourth-order valence-electron chi connectivity index (χ4n) is 3.01. The predicted octanol–water partition coefficient (Wildman–Crippen LogP) is 2.37. The lowest BCUT2D eigenvalue weighted by Crippen LogP contribution is -2.37. The van der Waals surface area contributed by atoms with Crippen LogP contribution in [0.2, 0.25) is 0 Å². The number of urea groups is 1. The molecule has 1 saturated carbocycles. The molecule has 2 aromatic rings. The van der Waals surface area contributed by atoms with Gasteiger partial charge in [0, 0.05) is 18.8 Å². The van der Waals surface area contributed by atoms with Gasteiger partial charge in [-0.3, -0.25) is 14.8 Å². The van der Waals surface area contributed by atoms with Gasteiger partial charge in [-0.1, -0.05) is 30.3 Å². The first kappa shape index (κ1) is 17.0. The van der Waals surface area contributed by atoms with Crippen molar-refractivity contribution in [3.63, 3.8) is 0 Å². The molecular weight excluding hydrogens is 320 g/mol. The van der Waals surface area contributed by atoms with Gasteiger partial charge in [0.05, 0.1) is 7.11 Å². The van der Waals surface area contributed by atoms with E-state index in [4.69, 9.17) is 0 Å². The molecule has 7 nitrogen and oxygen atoms in total. The number of carbonyl (C=O) groups excluding carboxylic acids is 2. The van der Waals surface area contributed by atoms with Crippen molar-refractivity contribution in [1.29, 1.82) is 0 Å². The maximum atomic E-state index is 11.9. The third kappa shape index (κ3) is 4.59. The minimum Gasteiger partial charge on any atom is -0.468 e. The quantitative estimate of drug-likeness (QED) is 0.789. The van der Waals surface area contributed by atoms with Crippen molar-refractivity contribution in [3.05, 3.63) is 48.2 Å². The van der Waals surface area contributed by atoms with Crippen molar-refractivity contribution < 1.29 is 14.3 Å². The van der Waals surface area contributed by atoms with E-state index in [1.54, 1.807) is 12.3 Å². The third-order valence-corrected chi connectivity index (χ3v) is 4.46. The Morgan fingerprint density at radius 3 is 2.72 bits per heavy atom. The highest BCUT2D eigenvalue weighted by Gasteiger charge is 2.30. The van der Waals surface area contributed by atoms with E-state index in [-0.39, 0.29) is 12.6 Å². The average Bonchev–Trinajstić information content (AvgIpc) is 3.01. The lowest BCUT2D eigenvalue weighted by Gasteiger charge is -2.35. The van der Waals surface area contributed by atoms with Crippen molar-refractivity contribution in [1.82, 2.24) is 15.1 Å². The summed E-state index contributed by atoms with van der Waals surface area (Å²) < 4.78 is 5.98. The van der Waals surface area contributed by atoms with Crippen LogP contribution >= 0.6 is 0 Å². The van der Waals surface area contributed by atoms with Gasteiger partial charge >= 0.3 is 12.0 Å². The second-order valence-corrected chi connectivity index (χ2v) is 6.25. The molecule has 0 radical (unpaired) electrons. The van der Waals surface area contributed by atoms with E-state index in [2.05, 4.69) is 44.7 Å². The van der Waals surface area contributed by atoms with E-state index >= 15 is 0 Å². The van der Waals surface area contributed by atoms with E-state index < -0.39 is 5.97 Å². The molecule has 7 heteroatoms. The van der Waals surface area contributed by atoms with Crippen LogP contribution in [-0.2, 0) is 16.1 Å². The van der Waals surface area contributed by atoms with E-state index in [1.165, 1.54) is 17.4 Å². The molecule has 1 aliphatic carbocycles. The molecule has 1 heterocycles. The second-order valence-electron chi connectivity index (χ2n) is 6.25. The third-order valence-electron chi connectivity index (χ3n) is 4.46. The largest absolute Gasteiger partial charge is 0.468 e. The van der Waals surface area contributed by atoms with Gasteiger partial charge in [-0.2, -0.15) is 5.10 Å². The lowest BCUT2D eigenvalue weighted by atomic mass is 9.71. The molecule has 1 fully saturated rings. The Kier molecular flexibility index (Phi) is 5.33. The summed E-state index contributed by atoms with van der Waals surface area (Å²) in [6.07, 6.45) is 3.80. The minimum absolute atomic E-state index is 0.0166. The normalized spacial score (nSPS) is 18.9. The number of methoxy groups -OCH3 is 1. The standard InChI is InChI=1S/C18H22N4O3/c1-25-17(23)12-22-8-7-16(21-22)20-18(24)19-11-13-9-15(10-13)14-5-3-2-4-6-14/h2-8,13,15H,9-12H2,1H3,(H2,19,20,21,24). The number of rotatable bonds is 6. The number of esters is 1. The summed E-state index contributed by atoms with van der Waals surface area (Å²) in [5, 5.41) is 9.64. The van der Waals surface area contributed by atoms with E-state index in [0.29, 0.717) is 24.2 Å². The molecule has 0 saturated heterocycles. The molecule has 1 aliphatic rings. The molecule has 1 aromatic carbocycles. The summed E-state index contributed by atoms with van der Waals surface area (Å²) in [5.41, 5.74) is 1.37. The number of ether oxygens (including phenoxy) is 1. The number of anilines is 1. The topological polar surface area (TPSA) is 85.2 Å². The molecular formula is C18H22N4O3. The fourth-order valence-corrected chi connectivity index (χ4v) is 3.01. The summed E-state index contributed by atoms with van der Waals surface area (Å²) in [6.45, 7) is 0.667. The molecule has 0 atom stereocenters. The lowest BCUT2D eigenvalue weighted by molar-refractivity contribution is -0.141. The Morgan fingerprint density at radius 2 is 2.00 bits per heavy atom. The molecule has 25 heavy (non-hydrogen) atoms. The molecule has 1 aromatic heterocycles. The van der Waals surface area contributed by atoms with Crippen LogP contribution in [0.25, 0.3) is 0 Å². The maximum Gasteiger partial charge on any atom is 0.327 e. The van der Waals surface area contributed by atoms with Crippen LogP contribution < -0.4 is 10.6 Å². The van der Waals surface area contributed by atoms with Gasteiger partial charge in [0.25, 0.3) is 0 Å². The van der Waals surface area contributed by atoms with Crippen LogP contribution in [-0.4, -0.2) is 35.4 Å². The van der Waals surface area contributed by atoms with Gasteiger partial charge in [-0.15, -0.1) is 0 Å². The number of benzene rings is 1. The monoisotopic (exact) mass is 342 g/mol. The van der Waals surface area contributed by atoms with Crippen LogP contribution in [0.1, 0.15) is 24.3 Å². The van der Waals surface area contributed by atoms with Crippen molar-refractivity contribution >= 4 is 17.8 Å². The Hall–Kier alpha value is -2.83. The van der Waals surface area contributed by atoms with Gasteiger partial charge < -0.3 is 10.1 Å². The number of amides is 2. The number of nitrogens with one attached hydrogen (secondary N) is 2. The molecule has 132 valence electrons. The minimum atomic E-state index is -0.392. The number of hydrogen-bond donors (Lipinski definition) is 2. The smallest absolute Gasteiger partial charge is 0.327 e. The number of carbonyl (C=O) groups is 2. The van der Waals surface area contributed by atoms with Crippen LogP contribution in [0, 0.1) is 5.92 Å². The van der Waals surface area contributed by atoms with E-state index in [1.807, 2.05) is 6.07 Å². The van der Waals surface area contributed by atoms with Crippen molar-refractivity contribution in [3.8, 4) is 0 Å². The first-order chi connectivity index (χ1) is 12.1.